The number of halogens is 1. The lowest BCUT2D eigenvalue weighted by Gasteiger charge is -2.22. The van der Waals surface area contributed by atoms with E-state index in [1.165, 1.54) is 30.3 Å². The first kappa shape index (κ1) is 21.3. The smallest absolute Gasteiger partial charge is 0.327 e. The average Bonchev–Trinajstić information content (AvgIpc) is 2.76. The Kier molecular flexibility index (Phi) is 6.97. The third kappa shape index (κ3) is 5.12. The van der Waals surface area contributed by atoms with Crippen molar-refractivity contribution in [3.63, 3.8) is 0 Å². The van der Waals surface area contributed by atoms with Crippen LogP contribution in [0.15, 0.2) is 71.3 Å². The maximum absolute atomic E-state index is 13.0. The summed E-state index contributed by atoms with van der Waals surface area (Å²) in [6, 6.07) is 16.7. The number of methoxy groups -OCH3 is 1. The van der Waals surface area contributed by atoms with Crippen LogP contribution in [0.2, 0.25) is 0 Å². The van der Waals surface area contributed by atoms with E-state index in [-0.39, 0.29) is 11.5 Å². The number of anilines is 2. The molecule has 0 radical (unpaired) electrons. The fraction of sp³-hybridized carbons (Fsp3) is 0.143. The first-order valence-corrected chi connectivity index (χ1v) is 9.85. The lowest BCUT2D eigenvalue weighted by atomic mass is 10.1. The van der Waals surface area contributed by atoms with E-state index in [1.54, 1.807) is 24.3 Å². The van der Waals surface area contributed by atoms with Crippen LogP contribution in [0.1, 0.15) is 5.56 Å². The number of carbonyl (C=O) groups is 1. The van der Waals surface area contributed by atoms with E-state index in [9.17, 15) is 14.9 Å². The molecule has 2 aromatic carbocycles. The number of nitrogens with zero attached hydrogens (tertiary/aromatic N) is 3. The molecule has 0 aliphatic carbocycles. The number of amides is 2. The zero-order chi connectivity index (χ0) is 21.5. The molecule has 0 unspecified atom stereocenters. The molecule has 1 aromatic heterocycles. The molecule has 2 amide bonds. The van der Waals surface area contributed by atoms with Gasteiger partial charge in [0, 0.05) is 23.3 Å². The van der Waals surface area contributed by atoms with Gasteiger partial charge in [0.25, 0.3) is 0 Å². The summed E-state index contributed by atoms with van der Waals surface area (Å²) in [6.45, 7) is 0.355. The molecule has 1 N–H and O–H groups in total. The average molecular weight is 471 g/mol. The maximum atomic E-state index is 13.0. The van der Waals surface area contributed by atoms with Crippen molar-refractivity contribution in [1.82, 2.24) is 10.3 Å². The van der Waals surface area contributed by atoms with Crippen molar-refractivity contribution in [3.8, 4) is 5.75 Å². The van der Waals surface area contributed by atoms with Gasteiger partial charge in [-0.05, 0) is 54.4 Å². The van der Waals surface area contributed by atoms with Crippen LogP contribution in [-0.2, 0) is 6.42 Å². The number of hydrogen-bond acceptors (Lipinski definition) is 5. The second kappa shape index (κ2) is 9.84. The SMILES string of the molecule is COc1ccc(N(C(=O)NCCc2ccc(Br)cc2)c2ncccc2[N+](=O)[O-])cc1. The number of ether oxygens (including phenoxy) is 1. The summed E-state index contributed by atoms with van der Waals surface area (Å²) in [6.07, 6.45) is 2.02. The molecule has 0 spiro atoms. The number of urea groups is 1. The van der Waals surface area contributed by atoms with Gasteiger partial charge < -0.3 is 10.1 Å². The van der Waals surface area contributed by atoms with Gasteiger partial charge in [-0.3, -0.25) is 10.1 Å². The number of nitrogens with one attached hydrogen (secondary N) is 1. The molecule has 154 valence electrons. The van der Waals surface area contributed by atoms with Crippen molar-refractivity contribution >= 4 is 39.2 Å². The predicted molar refractivity (Wildman–Crippen MR) is 117 cm³/mol. The zero-order valence-electron chi connectivity index (χ0n) is 16.1. The highest BCUT2D eigenvalue weighted by Crippen LogP contribution is 2.32. The van der Waals surface area contributed by atoms with Gasteiger partial charge in [-0.15, -0.1) is 0 Å². The van der Waals surface area contributed by atoms with E-state index >= 15 is 0 Å². The van der Waals surface area contributed by atoms with E-state index in [0.717, 1.165) is 10.0 Å². The van der Waals surface area contributed by atoms with Crippen LogP contribution in [-0.4, -0.2) is 29.6 Å². The van der Waals surface area contributed by atoms with E-state index in [2.05, 4.69) is 26.2 Å². The largest absolute Gasteiger partial charge is 0.497 e. The minimum atomic E-state index is -0.562. The first-order valence-electron chi connectivity index (χ1n) is 9.05. The number of pyridine rings is 1. The minimum absolute atomic E-state index is 0.0613. The maximum Gasteiger partial charge on any atom is 0.327 e. The molecule has 3 aromatic rings. The third-order valence-electron chi connectivity index (χ3n) is 4.31. The molecular formula is C21H19BrN4O4. The van der Waals surface area contributed by atoms with Gasteiger partial charge in [0.1, 0.15) is 5.75 Å². The normalized spacial score (nSPS) is 10.3. The van der Waals surface area contributed by atoms with Gasteiger partial charge in [0.15, 0.2) is 0 Å². The predicted octanol–water partition coefficient (Wildman–Crippen LogP) is 4.85. The summed E-state index contributed by atoms with van der Waals surface area (Å²) in [5, 5.41) is 14.3. The molecule has 0 fully saturated rings. The van der Waals surface area contributed by atoms with Crippen molar-refractivity contribution in [2.45, 2.75) is 6.42 Å². The minimum Gasteiger partial charge on any atom is -0.497 e. The van der Waals surface area contributed by atoms with Crippen LogP contribution < -0.4 is 15.0 Å². The van der Waals surface area contributed by atoms with Crippen LogP contribution in [0.5, 0.6) is 5.75 Å². The number of carbonyl (C=O) groups excluding carboxylic acids is 1. The van der Waals surface area contributed by atoms with Crippen LogP contribution in [0.3, 0.4) is 0 Å². The Bertz CT molecular complexity index is 1030. The van der Waals surface area contributed by atoms with Crippen LogP contribution in [0.25, 0.3) is 0 Å². The van der Waals surface area contributed by atoms with E-state index in [1.807, 2.05) is 24.3 Å². The Labute approximate surface area is 181 Å². The van der Waals surface area contributed by atoms with E-state index < -0.39 is 11.0 Å². The van der Waals surface area contributed by atoms with Gasteiger partial charge in [-0.1, -0.05) is 28.1 Å². The number of aromatic nitrogens is 1. The Morgan fingerprint density at radius 2 is 1.87 bits per heavy atom. The molecule has 30 heavy (non-hydrogen) atoms. The highest BCUT2D eigenvalue weighted by Gasteiger charge is 2.27. The number of benzene rings is 2. The number of hydrogen-bond donors (Lipinski definition) is 1. The summed E-state index contributed by atoms with van der Waals surface area (Å²) in [5.74, 6) is 0.540. The Balaban J connectivity index is 1.86. The third-order valence-corrected chi connectivity index (χ3v) is 4.84. The monoisotopic (exact) mass is 470 g/mol. The summed E-state index contributed by atoms with van der Waals surface area (Å²) in [7, 11) is 1.53. The molecule has 0 bridgehead atoms. The highest BCUT2D eigenvalue weighted by atomic mass is 79.9. The van der Waals surface area contributed by atoms with Gasteiger partial charge in [-0.2, -0.15) is 0 Å². The van der Waals surface area contributed by atoms with Crippen molar-refractivity contribution in [2.75, 3.05) is 18.6 Å². The van der Waals surface area contributed by atoms with Crippen LogP contribution in [0, 0.1) is 10.1 Å². The Hall–Kier alpha value is -3.46. The zero-order valence-corrected chi connectivity index (χ0v) is 17.7. The summed E-state index contributed by atoms with van der Waals surface area (Å²) in [5.41, 5.74) is 1.22. The first-order chi connectivity index (χ1) is 14.5. The lowest BCUT2D eigenvalue weighted by Crippen LogP contribution is -2.38. The van der Waals surface area contributed by atoms with E-state index in [0.29, 0.717) is 24.4 Å². The molecule has 0 saturated heterocycles. The molecule has 9 heteroatoms. The Morgan fingerprint density at radius 3 is 2.50 bits per heavy atom. The van der Waals surface area contributed by atoms with Crippen molar-refractivity contribution in [1.29, 1.82) is 0 Å². The van der Waals surface area contributed by atoms with Crippen molar-refractivity contribution < 1.29 is 14.5 Å². The Morgan fingerprint density at radius 1 is 1.17 bits per heavy atom. The fourth-order valence-electron chi connectivity index (χ4n) is 2.81. The summed E-state index contributed by atoms with van der Waals surface area (Å²) < 4.78 is 6.13. The summed E-state index contributed by atoms with van der Waals surface area (Å²) in [4.78, 5) is 29.3. The van der Waals surface area contributed by atoms with E-state index in [4.69, 9.17) is 4.74 Å². The molecule has 3 rings (SSSR count). The molecule has 0 atom stereocenters. The van der Waals surface area contributed by atoms with Gasteiger partial charge >= 0.3 is 11.7 Å². The standard InChI is InChI=1S/C21H19BrN4O4/c1-30-18-10-8-17(9-11-18)25(20-19(26(28)29)3-2-13-23-20)21(27)24-14-12-15-4-6-16(22)7-5-15/h2-11,13H,12,14H2,1H3,(H,24,27). The van der Waals surface area contributed by atoms with Gasteiger partial charge in [-0.25, -0.2) is 14.7 Å². The van der Waals surface area contributed by atoms with Gasteiger partial charge in [0.2, 0.25) is 5.82 Å². The fourth-order valence-corrected chi connectivity index (χ4v) is 3.08. The summed E-state index contributed by atoms with van der Waals surface area (Å²) >= 11 is 3.39. The topological polar surface area (TPSA) is 97.6 Å². The van der Waals surface area contributed by atoms with Gasteiger partial charge in [0.05, 0.1) is 17.7 Å². The number of rotatable bonds is 7. The van der Waals surface area contributed by atoms with Crippen molar-refractivity contribution in [3.05, 3.63) is 87.0 Å². The quantitative estimate of drug-likeness (QED) is 0.393. The lowest BCUT2D eigenvalue weighted by molar-refractivity contribution is -0.384. The van der Waals surface area contributed by atoms with Crippen LogP contribution in [0.4, 0.5) is 22.0 Å². The molecule has 0 aliphatic heterocycles. The second-order valence-electron chi connectivity index (χ2n) is 6.25. The molecule has 0 saturated carbocycles. The molecule has 0 aliphatic rings. The second-order valence-corrected chi connectivity index (χ2v) is 7.16. The van der Waals surface area contributed by atoms with Crippen LogP contribution >= 0.6 is 15.9 Å². The molecule has 8 nitrogen and oxygen atoms in total. The molecule has 1 heterocycles. The highest BCUT2D eigenvalue weighted by molar-refractivity contribution is 9.10. The number of nitro groups is 1. The van der Waals surface area contributed by atoms with Crippen molar-refractivity contribution in [2.24, 2.45) is 0 Å². The molecular weight excluding hydrogens is 452 g/mol.